The lowest BCUT2D eigenvalue weighted by atomic mass is 9.76. The standard InChI is InChI=1S/C29H33Cl2N5O6S/c1-43(41,42)34-22-8-4-5-9-24(22)36-26(20-11-10-17(30)16-21(20)31)25(18-6-2-3-7-19(18)28(36)38)27(37)32-13-15-35-14-12-23(33-35)29(39)40/h2-3,6-7,10-11,16,22,24-26,34H,4-5,8-9,12-15H2,1H3,(H,32,37)(H,39,40)/t22-,24-,25+,26-/m0/s1. The Morgan fingerprint density at radius 3 is 2.53 bits per heavy atom. The molecule has 0 radical (unpaired) electrons. The number of nitrogens with one attached hydrogen (secondary N) is 2. The number of carboxylic acids is 1. The van der Waals surface area contributed by atoms with Gasteiger partial charge in [0, 0.05) is 47.2 Å². The van der Waals surface area contributed by atoms with Crippen molar-refractivity contribution < 1.29 is 27.9 Å². The van der Waals surface area contributed by atoms with E-state index >= 15 is 0 Å². The lowest BCUT2D eigenvalue weighted by molar-refractivity contribution is -0.129. The van der Waals surface area contributed by atoms with Crippen molar-refractivity contribution in [3.63, 3.8) is 0 Å². The number of hydrogen-bond donors (Lipinski definition) is 3. The van der Waals surface area contributed by atoms with Crippen molar-refractivity contribution in [1.82, 2.24) is 19.9 Å². The first kappa shape index (κ1) is 31.2. The molecule has 0 unspecified atom stereocenters. The van der Waals surface area contributed by atoms with E-state index in [0.717, 1.165) is 19.1 Å². The normalized spacial score (nSPS) is 24.0. The summed E-state index contributed by atoms with van der Waals surface area (Å²) in [6, 6.07) is 9.91. The van der Waals surface area contributed by atoms with E-state index in [1.165, 1.54) is 0 Å². The maximum Gasteiger partial charge on any atom is 0.352 e. The quantitative estimate of drug-likeness (QED) is 0.377. The van der Waals surface area contributed by atoms with Crippen LogP contribution in [0.2, 0.25) is 10.0 Å². The number of fused-ring (bicyclic) bond motifs is 1. The summed E-state index contributed by atoms with van der Waals surface area (Å²) in [4.78, 5) is 41.3. The van der Waals surface area contributed by atoms with Crippen LogP contribution in [0.1, 0.15) is 65.5 Å². The summed E-state index contributed by atoms with van der Waals surface area (Å²) in [7, 11) is -3.59. The summed E-state index contributed by atoms with van der Waals surface area (Å²) < 4.78 is 27.4. The molecule has 0 bridgehead atoms. The first-order valence-electron chi connectivity index (χ1n) is 14.1. The van der Waals surface area contributed by atoms with Gasteiger partial charge in [-0.1, -0.05) is 60.3 Å². The molecule has 230 valence electrons. The number of hydrogen-bond acceptors (Lipinski definition) is 7. The van der Waals surface area contributed by atoms with Crippen molar-refractivity contribution in [1.29, 1.82) is 0 Å². The number of nitrogens with zero attached hydrogens (tertiary/aromatic N) is 3. The number of amides is 2. The second-order valence-corrected chi connectivity index (χ2v) is 13.7. The van der Waals surface area contributed by atoms with Gasteiger partial charge >= 0.3 is 5.97 Å². The van der Waals surface area contributed by atoms with Gasteiger partial charge in [0.1, 0.15) is 5.71 Å². The molecule has 5 rings (SSSR count). The highest BCUT2D eigenvalue weighted by atomic mass is 35.5. The third kappa shape index (κ3) is 6.82. The molecule has 43 heavy (non-hydrogen) atoms. The molecule has 4 atom stereocenters. The predicted molar refractivity (Wildman–Crippen MR) is 163 cm³/mol. The molecule has 0 aromatic heterocycles. The highest BCUT2D eigenvalue weighted by molar-refractivity contribution is 7.88. The van der Waals surface area contributed by atoms with E-state index in [1.807, 2.05) is 0 Å². The van der Waals surface area contributed by atoms with Crippen molar-refractivity contribution in [3.8, 4) is 0 Å². The predicted octanol–water partition coefficient (Wildman–Crippen LogP) is 3.40. The zero-order valence-corrected chi connectivity index (χ0v) is 25.8. The molecule has 11 nitrogen and oxygen atoms in total. The van der Waals surface area contributed by atoms with Crippen LogP contribution >= 0.6 is 23.2 Å². The SMILES string of the molecule is CS(=O)(=O)N[C@H]1CCCC[C@@H]1N1C(=O)c2ccccc2[C@@H](C(=O)NCCN2CCC(C(=O)O)=N2)[C@@H]1c1ccc(Cl)cc1Cl. The van der Waals surface area contributed by atoms with E-state index < -0.39 is 40.0 Å². The third-order valence-corrected chi connectivity index (χ3v) is 9.47. The molecule has 2 aliphatic heterocycles. The van der Waals surface area contributed by atoms with Crippen LogP contribution in [0.3, 0.4) is 0 Å². The van der Waals surface area contributed by atoms with Gasteiger partial charge < -0.3 is 15.3 Å². The van der Waals surface area contributed by atoms with Crippen molar-refractivity contribution in [2.75, 3.05) is 25.9 Å². The number of carbonyl (C=O) groups excluding carboxylic acids is 2. The smallest absolute Gasteiger partial charge is 0.352 e. The summed E-state index contributed by atoms with van der Waals surface area (Å²) >= 11 is 13.0. The molecule has 0 saturated heterocycles. The Kier molecular flexibility index (Phi) is 9.31. The maximum absolute atomic E-state index is 14.3. The fraction of sp³-hybridized carbons (Fsp3) is 0.448. The van der Waals surface area contributed by atoms with E-state index in [2.05, 4.69) is 15.1 Å². The minimum atomic E-state index is -3.59. The summed E-state index contributed by atoms with van der Waals surface area (Å²) in [5.41, 5.74) is 1.49. The Labute approximate surface area is 260 Å². The van der Waals surface area contributed by atoms with Crippen LogP contribution in [0, 0.1) is 0 Å². The Hall–Kier alpha value is -3.19. The molecule has 2 aromatic carbocycles. The molecule has 3 aliphatic rings. The van der Waals surface area contributed by atoms with Crippen LogP contribution in [0.25, 0.3) is 0 Å². The highest BCUT2D eigenvalue weighted by Crippen LogP contribution is 2.47. The second-order valence-electron chi connectivity index (χ2n) is 11.1. The molecule has 3 N–H and O–H groups in total. The molecule has 14 heteroatoms. The van der Waals surface area contributed by atoms with Gasteiger partial charge in [-0.25, -0.2) is 17.9 Å². The Balaban J connectivity index is 1.55. The second kappa shape index (κ2) is 12.8. The van der Waals surface area contributed by atoms with Crippen molar-refractivity contribution in [3.05, 3.63) is 69.2 Å². The first-order chi connectivity index (χ1) is 20.4. The molecular weight excluding hydrogens is 617 g/mol. The maximum atomic E-state index is 14.3. The van der Waals surface area contributed by atoms with Crippen LogP contribution in [-0.4, -0.2) is 84.9 Å². The molecule has 2 aromatic rings. The van der Waals surface area contributed by atoms with Crippen LogP contribution < -0.4 is 10.0 Å². The number of carbonyl (C=O) groups is 3. The number of hydrazone groups is 1. The molecular formula is C29H33Cl2N5O6S. The fourth-order valence-corrected chi connectivity index (χ4v) is 7.71. The number of aliphatic carboxylic acids is 1. The van der Waals surface area contributed by atoms with Gasteiger partial charge in [0.25, 0.3) is 5.91 Å². The van der Waals surface area contributed by atoms with E-state index in [-0.39, 0.29) is 29.1 Å². The molecule has 1 saturated carbocycles. The Morgan fingerprint density at radius 1 is 1.09 bits per heavy atom. The zero-order chi connectivity index (χ0) is 30.9. The summed E-state index contributed by atoms with van der Waals surface area (Å²) in [6.07, 6.45) is 4.06. The molecule has 1 aliphatic carbocycles. The number of carboxylic acid groups (broad SMARTS) is 1. The average molecular weight is 651 g/mol. The monoisotopic (exact) mass is 649 g/mol. The van der Waals surface area contributed by atoms with Gasteiger partial charge in [-0.3, -0.25) is 14.6 Å². The van der Waals surface area contributed by atoms with E-state index in [0.29, 0.717) is 54.1 Å². The number of halogens is 2. The van der Waals surface area contributed by atoms with Gasteiger partial charge in [0.05, 0.1) is 24.8 Å². The summed E-state index contributed by atoms with van der Waals surface area (Å²) in [5, 5.41) is 18.5. The lowest BCUT2D eigenvalue weighted by Gasteiger charge is -2.49. The highest BCUT2D eigenvalue weighted by Gasteiger charge is 2.49. The largest absolute Gasteiger partial charge is 0.477 e. The fourth-order valence-electron chi connectivity index (χ4n) is 6.36. The molecule has 0 spiro atoms. The molecule has 2 heterocycles. The first-order valence-corrected chi connectivity index (χ1v) is 16.8. The summed E-state index contributed by atoms with van der Waals surface area (Å²) in [5.74, 6) is -2.62. The number of benzene rings is 2. The van der Waals surface area contributed by atoms with Crippen molar-refractivity contribution in [2.45, 2.75) is 56.1 Å². The van der Waals surface area contributed by atoms with Gasteiger partial charge in [-0.05, 0) is 42.2 Å². The Bertz CT molecular complexity index is 1570. The topological polar surface area (TPSA) is 148 Å². The number of rotatable bonds is 9. The minimum absolute atomic E-state index is 0.0730. The summed E-state index contributed by atoms with van der Waals surface area (Å²) in [6.45, 7) is 0.922. The van der Waals surface area contributed by atoms with Gasteiger partial charge in [-0.2, -0.15) is 5.10 Å². The van der Waals surface area contributed by atoms with Gasteiger partial charge in [-0.15, -0.1) is 0 Å². The van der Waals surface area contributed by atoms with Crippen LogP contribution in [0.4, 0.5) is 0 Å². The van der Waals surface area contributed by atoms with Gasteiger partial charge in [0.2, 0.25) is 15.9 Å². The van der Waals surface area contributed by atoms with Crippen LogP contribution in [0.15, 0.2) is 47.6 Å². The van der Waals surface area contributed by atoms with Crippen molar-refractivity contribution in [2.24, 2.45) is 5.10 Å². The van der Waals surface area contributed by atoms with E-state index in [4.69, 9.17) is 23.2 Å². The van der Waals surface area contributed by atoms with E-state index in [9.17, 15) is 27.9 Å². The van der Waals surface area contributed by atoms with Crippen LogP contribution in [0.5, 0.6) is 0 Å². The third-order valence-electron chi connectivity index (χ3n) is 8.18. The number of sulfonamides is 1. The molecule has 1 fully saturated rings. The van der Waals surface area contributed by atoms with E-state index in [1.54, 1.807) is 52.4 Å². The van der Waals surface area contributed by atoms with Crippen LogP contribution in [-0.2, 0) is 19.6 Å². The minimum Gasteiger partial charge on any atom is -0.477 e. The van der Waals surface area contributed by atoms with Gasteiger partial charge in [0.15, 0.2) is 0 Å². The van der Waals surface area contributed by atoms with Crippen molar-refractivity contribution >= 4 is 56.7 Å². The Morgan fingerprint density at radius 2 is 1.84 bits per heavy atom. The average Bonchev–Trinajstić information content (AvgIpc) is 3.42. The lowest BCUT2D eigenvalue weighted by Crippen LogP contribution is -2.59. The molecule has 2 amide bonds. The zero-order valence-electron chi connectivity index (χ0n) is 23.5.